The number of nitrogens with one attached hydrogen (secondary N) is 1. The zero-order valence-corrected chi connectivity index (χ0v) is 11.9. The lowest BCUT2D eigenvalue weighted by Crippen LogP contribution is -2.46. The van der Waals surface area contributed by atoms with Crippen LogP contribution in [0.15, 0.2) is 18.2 Å². The molecular formula is C13H16ClF5N2. The topological polar surface area (TPSA) is 15.3 Å². The minimum Gasteiger partial charge on any atom is -0.314 e. The van der Waals surface area contributed by atoms with E-state index in [0.717, 1.165) is 6.07 Å². The Morgan fingerprint density at radius 1 is 1.14 bits per heavy atom. The molecule has 1 aromatic rings. The van der Waals surface area contributed by atoms with Gasteiger partial charge in [0.25, 0.3) is 0 Å². The van der Waals surface area contributed by atoms with Crippen molar-refractivity contribution in [2.24, 2.45) is 0 Å². The van der Waals surface area contributed by atoms with E-state index in [1.807, 2.05) is 0 Å². The molecule has 21 heavy (non-hydrogen) atoms. The van der Waals surface area contributed by atoms with Crippen molar-refractivity contribution < 1.29 is 22.0 Å². The fourth-order valence-corrected chi connectivity index (χ4v) is 2.43. The third-order valence-corrected chi connectivity index (χ3v) is 3.36. The number of alkyl halides is 3. The summed E-state index contributed by atoms with van der Waals surface area (Å²) in [7, 11) is 0. The lowest BCUT2D eigenvalue weighted by molar-refractivity contribution is -0.149. The van der Waals surface area contributed by atoms with Crippen LogP contribution >= 0.6 is 12.4 Å². The van der Waals surface area contributed by atoms with Crippen LogP contribution in [0.1, 0.15) is 18.0 Å². The lowest BCUT2D eigenvalue weighted by atomic mass is 10.00. The second-order valence-electron chi connectivity index (χ2n) is 4.76. The van der Waals surface area contributed by atoms with E-state index in [0.29, 0.717) is 26.2 Å². The van der Waals surface area contributed by atoms with Crippen molar-refractivity contribution in [2.75, 3.05) is 26.2 Å². The van der Waals surface area contributed by atoms with Gasteiger partial charge in [0.05, 0.1) is 6.42 Å². The summed E-state index contributed by atoms with van der Waals surface area (Å²) in [5, 5.41) is 3.02. The molecule has 0 aliphatic carbocycles. The van der Waals surface area contributed by atoms with Gasteiger partial charge in [0.1, 0.15) is 0 Å². The summed E-state index contributed by atoms with van der Waals surface area (Å²) >= 11 is 0. The SMILES string of the molecule is Cl.Fc1cccc([C@H](CC(F)(F)F)N2CCNCC2)c1F. The summed E-state index contributed by atoms with van der Waals surface area (Å²) in [4.78, 5) is 1.54. The van der Waals surface area contributed by atoms with Crippen molar-refractivity contribution in [3.8, 4) is 0 Å². The van der Waals surface area contributed by atoms with Gasteiger partial charge in [-0.1, -0.05) is 12.1 Å². The molecule has 0 spiro atoms. The van der Waals surface area contributed by atoms with Crippen molar-refractivity contribution in [3.05, 3.63) is 35.4 Å². The van der Waals surface area contributed by atoms with Crippen LogP contribution in [0.2, 0.25) is 0 Å². The Morgan fingerprint density at radius 2 is 1.76 bits per heavy atom. The van der Waals surface area contributed by atoms with Crippen molar-refractivity contribution in [1.29, 1.82) is 0 Å². The second kappa shape index (κ2) is 7.38. The van der Waals surface area contributed by atoms with E-state index in [4.69, 9.17) is 0 Å². The van der Waals surface area contributed by atoms with Crippen LogP contribution in [0, 0.1) is 11.6 Å². The van der Waals surface area contributed by atoms with Crippen LogP contribution in [0.3, 0.4) is 0 Å². The highest BCUT2D eigenvalue weighted by Gasteiger charge is 2.37. The molecule has 1 N–H and O–H groups in total. The van der Waals surface area contributed by atoms with Gasteiger partial charge in [0.15, 0.2) is 11.6 Å². The second-order valence-corrected chi connectivity index (χ2v) is 4.76. The molecule has 0 radical (unpaired) electrons. The number of hydrogen-bond acceptors (Lipinski definition) is 2. The standard InChI is InChI=1S/C13H15F5N2.ClH/c14-10-3-1-2-9(12(10)15)11(8-13(16,17)18)20-6-4-19-5-7-20;/h1-3,11,19H,4-8H2;1H/t11-;/m0./s1. The van der Waals surface area contributed by atoms with E-state index < -0.39 is 30.3 Å². The summed E-state index contributed by atoms with van der Waals surface area (Å²) in [6.45, 7) is 1.81. The molecule has 120 valence electrons. The highest BCUT2D eigenvalue weighted by Crippen LogP contribution is 2.35. The summed E-state index contributed by atoms with van der Waals surface area (Å²) in [5.41, 5.74) is -0.232. The summed E-state index contributed by atoms with van der Waals surface area (Å²) in [6, 6.07) is 2.17. The quantitative estimate of drug-likeness (QED) is 0.856. The minimum atomic E-state index is -4.44. The molecule has 1 saturated heterocycles. The average molecular weight is 331 g/mol. The third kappa shape index (κ3) is 4.79. The zero-order valence-electron chi connectivity index (χ0n) is 11.1. The van der Waals surface area contributed by atoms with E-state index >= 15 is 0 Å². The van der Waals surface area contributed by atoms with Crippen molar-refractivity contribution >= 4 is 12.4 Å². The fraction of sp³-hybridized carbons (Fsp3) is 0.538. The number of rotatable bonds is 3. The molecule has 0 aromatic heterocycles. The minimum absolute atomic E-state index is 0. The monoisotopic (exact) mass is 330 g/mol. The lowest BCUT2D eigenvalue weighted by Gasteiger charge is -2.35. The molecule has 0 unspecified atom stereocenters. The van der Waals surface area contributed by atoms with Gasteiger partial charge in [0, 0.05) is 37.8 Å². The van der Waals surface area contributed by atoms with Gasteiger partial charge in [-0.2, -0.15) is 13.2 Å². The van der Waals surface area contributed by atoms with Gasteiger partial charge in [-0.25, -0.2) is 8.78 Å². The van der Waals surface area contributed by atoms with Gasteiger partial charge in [0.2, 0.25) is 0 Å². The van der Waals surface area contributed by atoms with Crippen molar-refractivity contribution in [2.45, 2.75) is 18.6 Å². The summed E-state index contributed by atoms with van der Waals surface area (Å²) in [5.74, 6) is -2.31. The van der Waals surface area contributed by atoms with Gasteiger partial charge < -0.3 is 5.32 Å². The molecule has 0 saturated carbocycles. The highest BCUT2D eigenvalue weighted by atomic mass is 35.5. The van der Waals surface area contributed by atoms with E-state index in [1.54, 1.807) is 4.90 Å². The molecule has 1 aliphatic heterocycles. The largest absolute Gasteiger partial charge is 0.390 e. The predicted molar refractivity (Wildman–Crippen MR) is 71.5 cm³/mol. The molecule has 1 aromatic carbocycles. The Bertz CT molecular complexity index is 460. The average Bonchev–Trinajstić information content (AvgIpc) is 2.40. The molecule has 1 heterocycles. The van der Waals surface area contributed by atoms with E-state index in [-0.39, 0.29) is 18.0 Å². The first kappa shape index (κ1) is 18.1. The Kier molecular flexibility index (Phi) is 6.37. The number of hydrogen-bond donors (Lipinski definition) is 1. The fourth-order valence-electron chi connectivity index (χ4n) is 2.43. The first-order valence-electron chi connectivity index (χ1n) is 6.34. The van der Waals surface area contributed by atoms with Crippen LogP contribution in [0.25, 0.3) is 0 Å². The number of benzene rings is 1. The van der Waals surface area contributed by atoms with Gasteiger partial charge in [-0.3, -0.25) is 4.90 Å². The number of piperazine rings is 1. The van der Waals surface area contributed by atoms with Gasteiger partial charge in [-0.15, -0.1) is 12.4 Å². The predicted octanol–water partition coefficient (Wildman–Crippen LogP) is 3.29. The molecule has 2 rings (SSSR count). The van der Waals surface area contributed by atoms with Crippen LogP contribution in [-0.2, 0) is 0 Å². The van der Waals surface area contributed by atoms with Crippen molar-refractivity contribution in [3.63, 3.8) is 0 Å². The molecule has 8 heteroatoms. The third-order valence-electron chi connectivity index (χ3n) is 3.36. The zero-order chi connectivity index (χ0) is 14.8. The van der Waals surface area contributed by atoms with Crippen LogP contribution in [0.4, 0.5) is 22.0 Å². The maximum Gasteiger partial charge on any atom is 0.390 e. The molecule has 1 aliphatic rings. The maximum atomic E-state index is 13.8. The van der Waals surface area contributed by atoms with Gasteiger partial charge >= 0.3 is 6.18 Å². The smallest absolute Gasteiger partial charge is 0.314 e. The Hall–Kier alpha value is -0.920. The van der Waals surface area contributed by atoms with E-state index in [2.05, 4.69) is 5.32 Å². The van der Waals surface area contributed by atoms with Crippen molar-refractivity contribution in [1.82, 2.24) is 10.2 Å². The first-order chi connectivity index (χ1) is 9.38. The summed E-state index contributed by atoms with van der Waals surface area (Å²) in [6.07, 6.45) is -5.62. The Balaban J connectivity index is 0.00000220. The Labute approximate surface area is 125 Å². The molecule has 0 bridgehead atoms. The van der Waals surface area contributed by atoms with Gasteiger partial charge in [-0.05, 0) is 6.07 Å². The van der Waals surface area contributed by atoms with E-state index in [9.17, 15) is 22.0 Å². The summed E-state index contributed by atoms with van der Waals surface area (Å²) < 4.78 is 65.2. The molecule has 1 atom stereocenters. The maximum absolute atomic E-state index is 13.8. The molecule has 0 amide bonds. The Morgan fingerprint density at radius 3 is 2.33 bits per heavy atom. The molecule has 2 nitrogen and oxygen atoms in total. The van der Waals surface area contributed by atoms with Crippen LogP contribution in [0.5, 0.6) is 0 Å². The molecule has 1 fully saturated rings. The highest BCUT2D eigenvalue weighted by molar-refractivity contribution is 5.85. The molecular weight excluding hydrogens is 315 g/mol. The number of nitrogens with zero attached hydrogens (tertiary/aromatic N) is 1. The van der Waals surface area contributed by atoms with Crippen LogP contribution < -0.4 is 5.32 Å². The normalized spacial score (nSPS) is 18.1. The number of halogens is 6. The first-order valence-corrected chi connectivity index (χ1v) is 6.34. The van der Waals surface area contributed by atoms with Crippen LogP contribution in [-0.4, -0.2) is 37.3 Å². The van der Waals surface area contributed by atoms with E-state index in [1.165, 1.54) is 12.1 Å².